The maximum absolute atomic E-state index is 12.0. The summed E-state index contributed by atoms with van der Waals surface area (Å²) in [6.45, 7) is 1.73. The van der Waals surface area contributed by atoms with Gasteiger partial charge in [-0.3, -0.25) is 9.59 Å². The molecule has 0 spiro atoms. The lowest BCUT2D eigenvalue weighted by atomic mass is 10.1. The summed E-state index contributed by atoms with van der Waals surface area (Å²) < 4.78 is 5.60. The zero-order chi connectivity index (χ0) is 19.6. The van der Waals surface area contributed by atoms with Gasteiger partial charge in [-0.25, -0.2) is 0 Å². The van der Waals surface area contributed by atoms with Crippen LogP contribution in [0.1, 0.15) is 47.2 Å². The minimum absolute atomic E-state index is 0.0159. The molecule has 2 N–H and O–H groups in total. The summed E-state index contributed by atoms with van der Waals surface area (Å²) in [6, 6.07) is 18.0. The molecule has 1 saturated carbocycles. The summed E-state index contributed by atoms with van der Waals surface area (Å²) in [4.78, 5) is 23.9. The molecule has 2 aromatic carbocycles. The lowest BCUT2D eigenvalue weighted by Gasteiger charge is -2.08. The Hall–Kier alpha value is -2.66. The molecule has 0 bridgehead atoms. The van der Waals surface area contributed by atoms with Crippen LogP contribution in [-0.4, -0.2) is 31.1 Å². The number of benzene rings is 2. The number of hydrogen-bond acceptors (Lipinski definition) is 3. The van der Waals surface area contributed by atoms with E-state index in [0.29, 0.717) is 44.2 Å². The number of carbonyl (C=O) groups excluding carboxylic acids is 2. The van der Waals surface area contributed by atoms with Gasteiger partial charge in [0.25, 0.3) is 5.91 Å². The predicted octanol–water partition coefficient (Wildman–Crippen LogP) is 3.23. The molecule has 0 radical (unpaired) electrons. The van der Waals surface area contributed by atoms with E-state index in [-0.39, 0.29) is 11.8 Å². The highest BCUT2D eigenvalue weighted by molar-refractivity contribution is 5.94. The third-order valence-corrected chi connectivity index (χ3v) is 4.69. The minimum Gasteiger partial charge on any atom is -0.381 e. The van der Waals surface area contributed by atoms with Crippen LogP contribution in [0.3, 0.4) is 0 Å². The van der Waals surface area contributed by atoms with Gasteiger partial charge in [0.15, 0.2) is 0 Å². The van der Waals surface area contributed by atoms with E-state index in [1.165, 1.54) is 5.56 Å². The highest BCUT2D eigenvalue weighted by atomic mass is 16.5. The number of carbonyl (C=O) groups is 2. The van der Waals surface area contributed by atoms with Gasteiger partial charge in [-0.15, -0.1) is 0 Å². The molecule has 5 nitrogen and oxygen atoms in total. The number of nitrogens with one attached hydrogen (secondary N) is 2. The molecule has 2 aromatic rings. The fourth-order valence-electron chi connectivity index (χ4n) is 2.83. The van der Waals surface area contributed by atoms with Crippen LogP contribution < -0.4 is 10.6 Å². The number of ether oxygens (including phenoxy) is 1. The SMILES string of the molecule is O=C(CCCOCCc1ccccc1)NCc1ccc(C(=O)NC2CC2)cc1. The van der Waals surface area contributed by atoms with Gasteiger partial charge in [0, 0.05) is 31.2 Å². The van der Waals surface area contributed by atoms with Gasteiger partial charge in [-0.1, -0.05) is 42.5 Å². The van der Waals surface area contributed by atoms with Crippen molar-refractivity contribution >= 4 is 11.8 Å². The van der Waals surface area contributed by atoms with Gasteiger partial charge in [-0.05, 0) is 48.9 Å². The molecule has 1 fully saturated rings. The molecule has 0 atom stereocenters. The minimum atomic E-state index is -0.0228. The molecular weight excluding hydrogens is 352 g/mol. The lowest BCUT2D eigenvalue weighted by Crippen LogP contribution is -2.25. The standard InChI is InChI=1S/C23H28N2O3/c26-22(7-4-15-28-16-14-18-5-2-1-3-6-18)24-17-19-8-10-20(11-9-19)23(27)25-21-12-13-21/h1-3,5-6,8-11,21H,4,7,12-17H2,(H,24,26)(H,25,27). The van der Waals surface area contributed by atoms with E-state index in [1.54, 1.807) is 12.1 Å². The quantitative estimate of drug-likeness (QED) is 0.588. The van der Waals surface area contributed by atoms with Gasteiger partial charge >= 0.3 is 0 Å². The topological polar surface area (TPSA) is 67.4 Å². The van der Waals surface area contributed by atoms with Crippen molar-refractivity contribution < 1.29 is 14.3 Å². The Labute approximate surface area is 166 Å². The van der Waals surface area contributed by atoms with Crippen LogP contribution in [0.15, 0.2) is 54.6 Å². The van der Waals surface area contributed by atoms with Gasteiger partial charge in [0.1, 0.15) is 0 Å². The Balaban J connectivity index is 1.25. The second-order valence-electron chi connectivity index (χ2n) is 7.17. The molecule has 3 rings (SSSR count). The summed E-state index contributed by atoms with van der Waals surface area (Å²) in [7, 11) is 0. The average molecular weight is 380 g/mol. The van der Waals surface area contributed by atoms with Crippen LogP contribution in [0.2, 0.25) is 0 Å². The molecule has 0 heterocycles. The molecule has 2 amide bonds. The molecule has 28 heavy (non-hydrogen) atoms. The zero-order valence-corrected chi connectivity index (χ0v) is 16.2. The van der Waals surface area contributed by atoms with E-state index in [2.05, 4.69) is 22.8 Å². The summed E-state index contributed by atoms with van der Waals surface area (Å²) in [5.74, 6) is -0.00689. The number of amides is 2. The van der Waals surface area contributed by atoms with Gasteiger partial charge < -0.3 is 15.4 Å². The average Bonchev–Trinajstić information content (AvgIpc) is 3.54. The lowest BCUT2D eigenvalue weighted by molar-refractivity contribution is -0.121. The maximum Gasteiger partial charge on any atom is 0.251 e. The van der Waals surface area contributed by atoms with E-state index < -0.39 is 0 Å². The third kappa shape index (κ3) is 7.16. The zero-order valence-electron chi connectivity index (χ0n) is 16.2. The molecule has 0 unspecified atom stereocenters. The van der Waals surface area contributed by atoms with Crippen molar-refractivity contribution in [3.8, 4) is 0 Å². The maximum atomic E-state index is 12.0. The highest BCUT2D eigenvalue weighted by Gasteiger charge is 2.23. The van der Waals surface area contributed by atoms with E-state index in [0.717, 1.165) is 24.8 Å². The Morgan fingerprint density at radius 1 is 0.929 bits per heavy atom. The predicted molar refractivity (Wildman–Crippen MR) is 109 cm³/mol. The Morgan fingerprint density at radius 2 is 1.68 bits per heavy atom. The van der Waals surface area contributed by atoms with Crippen molar-refractivity contribution in [3.05, 3.63) is 71.3 Å². The second-order valence-corrected chi connectivity index (χ2v) is 7.17. The first-order valence-corrected chi connectivity index (χ1v) is 9.99. The van der Waals surface area contributed by atoms with Crippen molar-refractivity contribution in [2.75, 3.05) is 13.2 Å². The van der Waals surface area contributed by atoms with Crippen LogP contribution in [-0.2, 0) is 22.5 Å². The molecule has 0 aromatic heterocycles. The Bertz CT molecular complexity index is 755. The number of hydrogen-bond donors (Lipinski definition) is 2. The van der Waals surface area contributed by atoms with Crippen molar-refractivity contribution in [2.45, 2.75) is 44.7 Å². The number of rotatable bonds is 11. The van der Waals surface area contributed by atoms with Gasteiger partial charge in [-0.2, -0.15) is 0 Å². The van der Waals surface area contributed by atoms with Crippen molar-refractivity contribution in [1.82, 2.24) is 10.6 Å². The highest BCUT2D eigenvalue weighted by Crippen LogP contribution is 2.19. The summed E-state index contributed by atoms with van der Waals surface area (Å²) >= 11 is 0. The molecule has 1 aliphatic rings. The fraction of sp³-hybridized carbons (Fsp3) is 0.391. The van der Waals surface area contributed by atoms with Crippen molar-refractivity contribution in [3.63, 3.8) is 0 Å². The molecule has 148 valence electrons. The first-order chi connectivity index (χ1) is 13.7. The molecule has 0 aliphatic heterocycles. The molecular formula is C23H28N2O3. The Kier molecular flexibility index (Phi) is 7.62. The second kappa shape index (κ2) is 10.6. The van der Waals surface area contributed by atoms with Crippen molar-refractivity contribution in [2.24, 2.45) is 0 Å². The first kappa shape index (κ1) is 20.1. The van der Waals surface area contributed by atoms with Crippen LogP contribution in [0.25, 0.3) is 0 Å². The van der Waals surface area contributed by atoms with Gasteiger partial charge in [0.2, 0.25) is 5.91 Å². The molecule has 0 saturated heterocycles. The third-order valence-electron chi connectivity index (χ3n) is 4.69. The summed E-state index contributed by atoms with van der Waals surface area (Å²) in [5.41, 5.74) is 2.90. The van der Waals surface area contributed by atoms with E-state index in [1.807, 2.05) is 30.3 Å². The summed E-state index contributed by atoms with van der Waals surface area (Å²) in [5, 5.41) is 5.88. The van der Waals surface area contributed by atoms with E-state index in [4.69, 9.17) is 4.74 Å². The van der Waals surface area contributed by atoms with E-state index in [9.17, 15) is 9.59 Å². The van der Waals surface area contributed by atoms with Gasteiger partial charge in [0.05, 0.1) is 6.61 Å². The molecule has 5 heteroatoms. The van der Waals surface area contributed by atoms with Crippen molar-refractivity contribution in [1.29, 1.82) is 0 Å². The largest absolute Gasteiger partial charge is 0.381 e. The van der Waals surface area contributed by atoms with Crippen LogP contribution in [0.5, 0.6) is 0 Å². The normalized spacial score (nSPS) is 13.1. The van der Waals surface area contributed by atoms with Crippen LogP contribution in [0, 0.1) is 0 Å². The fourth-order valence-corrected chi connectivity index (χ4v) is 2.83. The first-order valence-electron chi connectivity index (χ1n) is 9.99. The molecule has 1 aliphatic carbocycles. The summed E-state index contributed by atoms with van der Waals surface area (Å²) in [6.07, 6.45) is 4.21. The monoisotopic (exact) mass is 380 g/mol. The van der Waals surface area contributed by atoms with Crippen LogP contribution >= 0.6 is 0 Å². The Morgan fingerprint density at radius 3 is 2.39 bits per heavy atom. The smallest absolute Gasteiger partial charge is 0.251 e. The van der Waals surface area contributed by atoms with Crippen LogP contribution in [0.4, 0.5) is 0 Å². The van der Waals surface area contributed by atoms with E-state index >= 15 is 0 Å².